The van der Waals surface area contributed by atoms with Crippen LogP contribution in [0.5, 0.6) is 0 Å². The van der Waals surface area contributed by atoms with Gasteiger partial charge in [0.1, 0.15) is 0 Å². The molecule has 1 amide bonds. The molecule has 0 aromatic heterocycles. The minimum Gasteiger partial charge on any atom is -0.325 e. The number of nitrogens with one attached hydrogen (secondary N) is 2. The molecule has 0 aliphatic carbocycles. The highest BCUT2D eigenvalue weighted by Crippen LogP contribution is 2.04. The minimum absolute atomic E-state index is 0.296. The average molecular weight is 257 g/mol. The number of carbonyl (C=O) groups is 1. The molecule has 0 heterocycles. The van der Waals surface area contributed by atoms with Crippen LogP contribution in [0.1, 0.15) is 0 Å². The lowest BCUT2D eigenvalue weighted by atomic mass is 10.3. The van der Waals surface area contributed by atoms with Gasteiger partial charge in [0.05, 0.1) is 6.54 Å². The SMILES string of the molecule is CN(C)S(=O)(=O)NCC(=O)Nc1ccccc1. The highest BCUT2D eigenvalue weighted by atomic mass is 32.2. The van der Waals surface area contributed by atoms with Crippen LogP contribution in [-0.2, 0) is 15.0 Å². The molecule has 1 rings (SSSR count). The van der Waals surface area contributed by atoms with Crippen molar-refractivity contribution in [3.05, 3.63) is 30.3 Å². The van der Waals surface area contributed by atoms with E-state index in [1.807, 2.05) is 6.07 Å². The molecule has 1 aromatic rings. The molecule has 0 saturated carbocycles. The smallest absolute Gasteiger partial charge is 0.279 e. The predicted octanol–water partition coefficient (Wildman–Crippen LogP) is 0.0211. The van der Waals surface area contributed by atoms with Crippen molar-refractivity contribution in [2.45, 2.75) is 0 Å². The van der Waals surface area contributed by atoms with Crippen LogP contribution < -0.4 is 10.0 Å². The van der Waals surface area contributed by atoms with Gasteiger partial charge < -0.3 is 5.32 Å². The van der Waals surface area contributed by atoms with Gasteiger partial charge in [-0.3, -0.25) is 4.79 Å². The number of nitrogens with zero attached hydrogens (tertiary/aromatic N) is 1. The molecule has 0 aliphatic heterocycles. The zero-order chi connectivity index (χ0) is 12.9. The summed E-state index contributed by atoms with van der Waals surface area (Å²) in [5.41, 5.74) is 0.626. The number of rotatable bonds is 5. The molecule has 0 aliphatic rings. The Hall–Kier alpha value is -1.44. The molecule has 94 valence electrons. The van der Waals surface area contributed by atoms with Crippen molar-refractivity contribution >= 4 is 21.8 Å². The van der Waals surface area contributed by atoms with Gasteiger partial charge in [-0.25, -0.2) is 0 Å². The summed E-state index contributed by atoms with van der Waals surface area (Å²) in [4.78, 5) is 11.4. The van der Waals surface area contributed by atoms with Gasteiger partial charge in [-0.2, -0.15) is 17.4 Å². The molecule has 0 unspecified atom stereocenters. The van der Waals surface area contributed by atoms with Gasteiger partial charge in [-0.1, -0.05) is 18.2 Å². The van der Waals surface area contributed by atoms with Crippen molar-refractivity contribution in [2.24, 2.45) is 0 Å². The first-order valence-corrected chi connectivity index (χ1v) is 6.38. The van der Waals surface area contributed by atoms with E-state index in [4.69, 9.17) is 0 Å². The molecular weight excluding hydrogens is 242 g/mol. The van der Waals surface area contributed by atoms with E-state index in [0.717, 1.165) is 4.31 Å². The summed E-state index contributed by atoms with van der Waals surface area (Å²) in [6, 6.07) is 8.82. The molecular formula is C10H15N3O3S. The van der Waals surface area contributed by atoms with Crippen molar-refractivity contribution < 1.29 is 13.2 Å². The van der Waals surface area contributed by atoms with Crippen LogP contribution in [0.2, 0.25) is 0 Å². The predicted molar refractivity (Wildman–Crippen MR) is 65.7 cm³/mol. The van der Waals surface area contributed by atoms with Crippen LogP contribution in [0.15, 0.2) is 30.3 Å². The fraction of sp³-hybridized carbons (Fsp3) is 0.300. The number of carbonyl (C=O) groups excluding carboxylic acids is 1. The maximum absolute atomic E-state index is 11.4. The van der Waals surface area contributed by atoms with Crippen LogP contribution in [0.4, 0.5) is 5.69 Å². The summed E-state index contributed by atoms with van der Waals surface area (Å²) >= 11 is 0. The van der Waals surface area contributed by atoms with Gasteiger partial charge in [0, 0.05) is 19.8 Å². The Morgan fingerprint density at radius 3 is 2.35 bits per heavy atom. The second kappa shape index (κ2) is 5.76. The zero-order valence-electron chi connectivity index (χ0n) is 9.67. The van der Waals surface area contributed by atoms with Gasteiger partial charge in [0.25, 0.3) is 10.2 Å². The summed E-state index contributed by atoms with van der Waals surface area (Å²) in [6.45, 7) is -0.296. The topological polar surface area (TPSA) is 78.5 Å². The van der Waals surface area contributed by atoms with Crippen LogP contribution in [0, 0.1) is 0 Å². The van der Waals surface area contributed by atoms with Gasteiger partial charge >= 0.3 is 0 Å². The summed E-state index contributed by atoms with van der Waals surface area (Å²) in [7, 11) is -0.790. The quantitative estimate of drug-likeness (QED) is 0.780. The van der Waals surface area contributed by atoms with E-state index >= 15 is 0 Å². The first-order valence-electron chi connectivity index (χ1n) is 4.94. The molecule has 0 radical (unpaired) electrons. The largest absolute Gasteiger partial charge is 0.325 e. The Morgan fingerprint density at radius 1 is 1.24 bits per heavy atom. The maximum Gasteiger partial charge on any atom is 0.279 e. The van der Waals surface area contributed by atoms with Gasteiger partial charge in [0.15, 0.2) is 0 Å². The third-order valence-corrected chi connectivity index (χ3v) is 3.42. The first kappa shape index (κ1) is 13.6. The Morgan fingerprint density at radius 2 is 1.82 bits per heavy atom. The number of amides is 1. The molecule has 7 heteroatoms. The number of hydrogen-bond acceptors (Lipinski definition) is 3. The lowest BCUT2D eigenvalue weighted by Crippen LogP contribution is -2.40. The average Bonchev–Trinajstić information content (AvgIpc) is 2.28. The Kier molecular flexibility index (Phi) is 4.62. The molecule has 0 saturated heterocycles. The Balaban J connectivity index is 2.47. The van der Waals surface area contributed by atoms with E-state index < -0.39 is 16.1 Å². The van der Waals surface area contributed by atoms with Crippen LogP contribution in [0.3, 0.4) is 0 Å². The fourth-order valence-electron chi connectivity index (χ4n) is 1.01. The Bertz CT molecular complexity index is 471. The molecule has 6 nitrogen and oxygen atoms in total. The third kappa shape index (κ3) is 4.51. The van der Waals surface area contributed by atoms with E-state index in [0.29, 0.717) is 5.69 Å². The molecule has 17 heavy (non-hydrogen) atoms. The third-order valence-electron chi connectivity index (χ3n) is 1.95. The van der Waals surface area contributed by atoms with E-state index in [9.17, 15) is 13.2 Å². The number of benzene rings is 1. The second-order valence-corrected chi connectivity index (χ2v) is 5.49. The van der Waals surface area contributed by atoms with Crippen molar-refractivity contribution in [3.8, 4) is 0 Å². The number of para-hydroxylation sites is 1. The number of anilines is 1. The van der Waals surface area contributed by atoms with Crippen molar-refractivity contribution in [3.63, 3.8) is 0 Å². The second-order valence-electron chi connectivity index (χ2n) is 3.52. The van der Waals surface area contributed by atoms with Gasteiger partial charge in [-0.05, 0) is 12.1 Å². The standard InChI is InChI=1S/C10H15N3O3S/c1-13(2)17(15,16)11-8-10(14)12-9-6-4-3-5-7-9/h3-7,11H,8H2,1-2H3,(H,12,14). The van der Waals surface area contributed by atoms with E-state index in [1.54, 1.807) is 24.3 Å². The lowest BCUT2D eigenvalue weighted by Gasteiger charge is -2.12. The molecule has 1 aromatic carbocycles. The number of hydrogen-bond donors (Lipinski definition) is 2. The van der Waals surface area contributed by atoms with E-state index in [2.05, 4.69) is 10.0 Å². The van der Waals surface area contributed by atoms with Crippen molar-refractivity contribution in [1.29, 1.82) is 0 Å². The normalized spacial score (nSPS) is 11.5. The minimum atomic E-state index is -3.56. The monoisotopic (exact) mass is 257 g/mol. The first-order chi connectivity index (χ1) is 7.92. The molecule has 0 bridgehead atoms. The summed E-state index contributed by atoms with van der Waals surface area (Å²) in [5.74, 6) is -0.415. The molecule has 0 fully saturated rings. The van der Waals surface area contributed by atoms with Gasteiger partial charge in [-0.15, -0.1) is 0 Å². The lowest BCUT2D eigenvalue weighted by molar-refractivity contribution is -0.115. The summed E-state index contributed by atoms with van der Waals surface area (Å²) < 4.78 is 25.8. The van der Waals surface area contributed by atoms with Crippen molar-refractivity contribution in [1.82, 2.24) is 9.03 Å². The highest BCUT2D eigenvalue weighted by Gasteiger charge is 2.14. The van der Waals surface area contributed by atoms with Crippen molar-refractivity contribution in [2.75, 3.05) is 26.0 Å². The molecule has 2 N–H and O–H groups in total. The summed E-state index contributed by atoms with van der Waals surface area (Å²) in [5, 5.41) is 2.57. The van der Waals surface area contributed by atoms with Crippen LogP contribution in [0.25, 0.3) is 0 Å². The summed E-state index contributed by atoms with van der Waals surface area (Å²) in [6.07, 6.45) is 0. The maximum atomic E-state index is 11.4. The van der Waals surface area contributed by atoms with E-state index in [-0.39, 0.29) is 6.54 Å². The zero-order valence-corrected chi connectivity index (χ0v) is 10.5. The van der Waals surface area contributed by atoms with Crippen LogP contribution in [-0.4, -0.2) is 39.3 Å². The Labute approximate surface area is 101 Å². The van der Waals surface area contributed by atoms with Gasteiger partial charge in [0.2, 0.25) is 5.91 Å². The fourth-order valence-corrected chi connectivity index (χ4v) is 1.58. The molecule has 0 atom stereocenters. The highest BCUT2D eigenvalue weighted by molar-refractivity contribution is 7.87. The van der Waals surface area contributed by atoms with Crippen LogP contribution >= 0.6 is 0 Å². The molecule has 0 spiro atoms. The van der Waals surface area contributed by atoms with E-state index in [1.165, 1.54) is 14.1 Å².